The van der Waals surface area contributed by atoms with Gasteiger partial charge in [0.1, 0.15) is 19.0 Å². The molecule has 2 N–H and O–H groups in total. The van der Waals surface area contributed by atoms with Gasteiger partial charge in [0.25, 0.3) is 0 Å². The maximum absolute atomic E-state index is 5.77. The second kappa shape index (κ2) is 6.76. The molecule has 0 saturated carbocycles. The molecule has 3 heterocycles. The van der Waals surface area contributed by atoms with Crippen LogP contribution in [0.4, 0.5) is 11.8 Å². The van der Waals surface area contributed by atoms with Crippen molar-refractivity contribution in [1.29, 1.82) is 0 Å². The predicted molar refractivity (Wildman–Crippen MR) is 96.1 cm³/mol. The lowest BCUT2D eigenvalue weighted by atomic mass is 10.1. The van der Waals surface area contributed by atoms with E-state index in [1.165, 1.54) is 5.56 Å². The molecule has 7 nitrogen and oxygen atoms in total. The zero-order chi connectivity index (χ0) is 17.2. The molecule has 0 unspecified atom stereocenters. The van der Waals surface area contributed by atoms with Crippen molar-refractivity contribution in [2.45, 2.75) is 13.5 Å². The predicted octanol–water partition coefficient (Wildman–Crippen LogP) is 1.46. The van der Waals surface area contributed by atoms with Crippen LogP contribution in [0.15, 0.2) is 24.3 Å². The summed E-state index contributed by atoms with van der Waals surface area (Å²) in [5.74, 6) is 2.96. The molecule has 0 aliphatic carbocycles. The van der Waals surface area contributed by atoms with Gasteiger partial charge in [-0.25, -0.2) is 4.98 Å². The fourth-order valence-electron chi connectivity index (χ4n) is 3.32. The van der Waals surface area contributed by atoms with Crippen LogP contribution in [0.5, 0.6) is 11.5 Å². The van der Waals surface area contributed by atoms with Crippen LogP contribution in [0.3, 0.4) is 0 Å². The number of anilines is 2. The number of rotatable bonds is 3. The van der Waals surface area contributed by atoms with Crippen LogP contribution in [0.25, 0.3) is 0 Å². The Morgan fingerprint density at radius 3 is 2.52 bits per heavy atom. The first-order chi connectivity index (χ1) is 12.2. The molecule has 2 aliphatic heterocycles. The highest BCUT2D eigenvalue weighted by molar-refractivity contribution is 5.45. The van der Waals surface area contributed by atoms with E-state index in [2.05, 4.69) is 31.9 Å². The second-order valence-electron chi connectivity index (χ2n) is 6.47. The highest BCUT2D eigenvalue weighted by Gasteiger charge is 2.20. The highest BCUT2D eigenvalue weighted by Crippen LogP contribution is 2.31. The Morgan fingerprint density at radius 2 is 1.76 bits per heavy atom. The van der Waals surface area contributed by atoms with Gasteiger partial charge in [0, 0.05) is 44.5 Å². The van der Waals surface area contributed by atoms with Crippen molar-refractivity contribution in [3.05, 3.63) is 35.5 Å². The molecule has 1 saturated heterocycles. The van der Waals surface area contributed by atoms with E-state index in [-0.39, 0.29) is 0 Å². The Balaban J connectivity index is 1.37. The van der Waals surface area contributed by atoms with Crippen molar-refractivity contribution in [2.75, 3.05) is 50.0 Å². The topological polar surface area (TPSA) is 76.7 Å². The molecule has 0 radical (unpaired) electrons. The fraction of sp³-hybridized carbons (Fsp3) is 0.444. The summed E-state index contributed by atoms with van der Waals surface area (Å²) in [6.07, 6.45) is 0. The first-order valence-electron chi connectivity index (χ1n) is 8.64. The summed E-state index contributed by atoms with van der Waals surface area (Å²) in [5.41, 5.74) is 7.92. The number of piperazine rings is 1. The number of hydrogen-bond donors (Lipinski definition) is 1. The number of aromatic nitrogens is 2. The Hall–Kier alpha value is -2.54. The normalized spacial score (nSPS) is 17.6. The zero-order valence-electron chi connectivity index (χ0n) is 14.4. The van der Waals surface area contributed by atoms with E-state index >= 15 is 0 Å². The van der Waals surface area contributed by atoms with Crippen molar-refractivity contribution in [3.63, 3.8) is 0 Å². The van der Waals surface area contributed by atoms with Crippen LogP contribution in [-0.2, 0) is 6.54 Å². The second-order valence-corrected chi connectivity index (χ2v) is 6.47. The molecule has 1 aromatic heterocycles. The third-order valence-electron chi connectivity index (χ3n) is 4.57. The smallest absolute Gasteiger partial charge is 0.222 e. The molecule has 0 atom stereocenters. The third kappa shape index (κ3) is 3.61. The maximum Gasteiger partial charge on any atom is 0.222 e. The van der Waals surface area contributed by atoms with E-state index < -0.39 is 0 Å². The Morgan fingerprint density at radius 1 is 1.00 bits per heavy atom. The van der Waals surface area contributed by atoms with Gasteiger partial charge in [-0.15, -0.1) is 0 Å². The molecule has 0 bridgehead atoms. The average molecular weight is 341 g/mol. The molecule has 2 aromatic rings. The number of fused-ring (bicyclic) bond motifs is 1. The first kappa shape index (κ1) is 16.0. The standard InChI is InChI=1S/C18H23N5O2/c1-13-10-17(21-18(19)20-13)23-6-4-22(5-7-23)12-14-2-3-15-16(11-14)25-9-8-24-15/h2-3,10-11H,4-9,12H2,1H3,(H2,19,20,21). The quantitative estimate of drug-likeness (QED) is 0.905. The Bertz CT molecular complexity index is 739. The molecule has 1 fully saturated rings. The maximum atomic E-state index is 5.77. The van der Waals surface area contributed by atoms with E-state index in [1.807, 2.05) is 19.1 Å². The lowest BCUT2D eigenvalue weighted by molar-refractivity contribution is 0.171. The van der Waals surface area contributed by atoms with Crippen LogP contribution in [0, 0.1) is 6.92 Å². The Labute approximate surface area is 147 Å². The van der Waals surface area contributed by atoms with Gasteiger partial charge >= 0.3 is 0 Å². The number of benzene rings is 1. The zero-order valence-corrected chi connectivity index (χ0v) is 14.4. The molecular formula is C18H23N5O2. The summed E-state index contributed by atoms with van der Waals surface area (Å²) in [7, 11) is 0. The summed E-state index contributed by atoms with van der Waals surface area (Å²) in [5, 5.41) is 0. The van der Waals surface area contributed by atoms with Crippen LogP contribution in [-0.4, -0.2) is 54.3 Å². The van der Waals surface area contributed by atoms with Gasteiger partial charge in [0.2, 0.25) is 5.95 Å². The summed E-state index contributed by atoms with van der Waals surface area (Å²) in [6.45, 7) is 7.93. The monoisotopic (exact) mass is 341 g/mol. The van der Waals surface area contributed by atoms with Crippen LogP contribution < -0.4 is 20.1 Å². The van der Waals surface area contributed by atoms with E-state index in [0.29, 0.717) is 19.2 Å². The first-order valence-corrected chi connectivity index (χ1v) is 8.64. The molecule has 0 amide bonds. The highest BCUT2D eigenvalue weighted by atomic mass is 16.6. The molecule has 0 spiro atoms. The molecule has 25 heavy (non-hydrogen) atoms. The van der Waals surface area contributed by atoms with E-state index in [0.717, 1.165) is 55.7 Å². The number of aryl methyl sites for hydroxylation is 1. The van der Waals surface area contributed by atoms with Crippen molar-refractivity contribution in [2.24, 2.45) is 0 Å². The van der Waals surface area contributed by atoms with Gasteiger partial charge < -0.3 is 20.1 Å². The van der Waals surface area contributed by atoms with Crippen LogP contribution >= 0.6 is 0 Å². The molecule has 1 aromatic carbocycles. The van der Waals surface area contributed by atoms with E-state index in [1.54, 1.807) is 0 Å². The van der Waals surface area contributed by atoms with Crippen molar-refractivity contribution in [1.82, 2.24) is 14.9 Å². The summed E-state index contributed by atoms with van der Waals surface area (Å²) < 4.78 is 11.3. The van der Waals surface area contributed by atoms with Gasteiger partial charge in [-0.05, 0) is 24.6 Å². The van der Waals surface area contributed by atoms with Crippen molar-refractivity contribution >= 4 is 11.8 Å². The van der Waals surface area contributed by atoms with Gasteiger partial charge in [0.15, 0.2) is 11.5 Å². The van der Waals surface area contributed by atoms with Gasteiger partial charge in [-0.1, -0.05) is 6.07 Å². The van der Waals surface area contributed by atoms with Gasteiger partial charge in [-0.3, -0.25) is 4.90 Å². The number of ether oxygens (including phenoxy) is 2. The van der Waals surface area contributed by atoms with Crippen molar-refractivity contribution < 1.29 is 9.47 Å². The number of nitrogen functional groups attached to an aromatic ring is 1. The average Bonchev–Trinajstić information content (AvgIpc) is 2.61. The lowest BCUT2D eigenvalue weighted by Gasteiger charge is -2.35. The fourth-order valence-corrected chi connectivity index (χ4v) is 3.32. The summed E-state index contributed by atoms with van der Waals surface area (Å²) >= 11 is 0. The molecular weight excluding hydrogens is 318 g/mol. The molecule has 2 aliphatic rings. The van der Waals surface area contributed by atoms with Crippen molar-refractivity contribution in [3.8, 4) is 11.5 Å². The van der Waals surface area contributed by atoms with Gasteiger partial charge in [0.05, 0.1) is 0 Å². The molecule has 132 valence electrons. The summed E-state index contributed by atoms with van der Waals surface area (Å²) in [6, 6.07) is 8.21. The number of hydrogen-bond acceptors (Lipinski definition) is 7. The lowest BCUT2D eigenvalue weighted by Crippen LogP contribution is -2.46. The minimum absolute atomic E-state index is 0.341. The molecule has 4 rings (SSSR count). The van der Waals surface area contributed by atoms with Gasteiger partial charge in [-0.2, -0.15) is 4.98 Å². The largest absolute Gasteiger partial charge is 0.486 e. The SMILES string of the molecule is Cc1cc(N2CCN(Cc3ccc4c(c3)OCCO4)CC2)nc(N)n1. The van der Waals surface area contributed by atoms with Crippen LogP contribution in [0.1, 0.15) is 11.3 Å². The Kier molecular flexibility index (Phi) is 4.31. The number of nitrogens with two attached hydrogens (primary N) is 1. The molecule has 7 heteroatoms. The minimum Gasteiger partial charge on any atom is -0.486 e. The third-order valence-corrected chi connectivity index (χ3v) is 4.57. The van der Waals surface area contributed by atoms with E-state index in [4.69, 9.17) is 15.2 Å². The summed E-state index contributed by atoms with van der Waals surface area (Å²) in [4.78, 5) is 13.2. The minimum atomic E-state index is 0.341. The van der Waals surface area contributed by atoms with E-state index in [9.17, 15) is 0 Å². The van der Waals surface area contributed by atoms with Crippen LogP contribution in [0.2, 0.25) is 0 Å². The number of nitrogens with zero attached hydrogens (tertiary/aromatic N) is 4.